The fourth-order valence-corrected chi connectivity index (χ4v) is 1.61. The van der Waals surface area contributed by atoms with Crippen molar-refractivity contribution in [2.75, 3.05) is 11.1 Å². The third-order valence-corrected chi connectivity index (χ3v) is 2.55. The fourth-order valence-electron chi connectivity index (χ4n) is 1.06. The van der Waals surface area contributed by atoms with Crippen LogP contribution >= 0.6 is 0 Å². The Labute approximate surface area is 91.6 Å². The van der Waals surface area contributed by atoms with Crippen LogP contribution in [0.25, 0.3) is 0 Å². The number of nitrogens with two attached hydrogens (primary N) is 1. The van der Waals surface area contributed by atoms with Crippen molar-refractivity contribution < 1.29 is 22.9 Å². The molecule has 16 heavy (non-hydrogen) atoms. The van der Waals surface area contributed by atoms with Gasteiger partial charge in [0.1, 0.15) is 0 Å². The minimum Gasteiger partial charge on any atom is -0.504 e. The minimum absolute atomic E-state index is 0.180. The number of benzene rings is 1. The molecule has 0 saturated carbocycles. The summed E-state index contributed by atoms with van der Waals surface area (Å²) in [5, 5.41) is 11.6. The zero-order chi connectivity index (χ0) is 12.5. The lowest BCUT2D eigenvalue weighted by atomic mass is 10.2. The van der Waals surface area contributed by atoms with E-state index in [-0.39, 0.29) is 11.4 Å². The number of anilines is 2. The maximum absolute atomic E-state index is 10.8. The van der Waals surface area contributed by atoms with Crippen molar-refractivity contribution in [3.05, 3.63) is 12.1 Å². The van der Waals surface area contributed by atoms with Gasteiger partial charge in [-0.1, -0.05) is 0 Å². The second-order valence-electron chi connectivity index (χ2n) is 3.06. The monoisotopic (exact) mass is 246 g/mol. The molecule has 5 N–H and O–H groups in total. The van der Waals surface area contributed by atoms with Crippen molar-refractivity contribution >= 4 is 27.4 Å². The molecule has 0 aliphatic rings. The van der Waals surface area contributed by atoms with Gasteiger partial charge in [-0.2, -0.15) is 8.42 Å². The first kappa shape index (κ1) is 12.3. The topological polar surface area (TPSA) is 130 Å². The Morgan fingerprint density at radius 1 is 1.44 bits per heavy atom. The van der Waals surface area contributed by atoms with Crippen molar-refractivity contribution in [2.24, 2.45) is 0 Å². The summed E-state index contributed by atoms with van der Waals surface area (Å²) in [6, 6.07) is 1.79. The van der Waals surface area contributed by atoms with Gasteiger partial charge in [-0.25, -0.2) is 0 Å². The molecule has 88 valence electrons. The smallest absolute Gasteiger partial charge is 0.294 e. The largest absolute Gasteiger partial charge is 0.504 e. The lowest BCUT2D eigenvalue weighted by molar-refractivity contribution is -0.114. The molecule has 0 fully saturated rings. The Morgan fingerprint density at radius 3 is 2.44 bits per heavy atom. The number of rotatable bonds is 2. The molecule has 0 unspecified atom stereocenters. The van der Waals surface area contributed by atoms with E-state index >= 15 is 0 Å². The van der Waals surface area contributed by atoms with E-state index in [9.17, 15) is 18.3 Å². The molecule has 1 rings (SSSR count). The molecule has 1 aromatic rings. The molecule has 0 atom stereocenters. The van der Waals surface area contributed by atoms with Gasteiger partial charge in [-0.3, -0.25) is 9.35 Å². The molecule has 0 aliphatic heterocycles. The summed E-state index contributed by atoms with van der Waals surface area (Å²) >= 11 is 0. The van der Waals surface area contributed by atoms with Crippen LogP contribution in [0.3, 0.4) is 0 Å². The summed E-state index contributed by atoms with van der Waals surface area (Å²) < 4.78 is 30.5. The summed E-state index contributed by atoms with van der Waals surface area (Å²) in [5.74, 6) is -0.968. The van der Waals surface area contributed by atoms with Crippen LogP contribution in [-0.4, -0.2) is 24.0 Å². The molecule has 0 spiro atoms. The van der Waals surface area contributed by atoms with Crippen molar-refractivity contribution in [3.8, 4) is 5.75 Å². The van der Waals surface area contributed by atoms with Gasteiger partial charge >= 0.3 is 0 Å². The molecule has 0 bridgehead atoms. The Bertz CT molecular complexity index is 538. The molecule has 0 radical (unpaired) electrons. The SMILES string of the molecule is CC(=O)Nc1cc(S(=O)(=O)O)cc(N)c1O. The molecule has 0 aliphatic carbocycles. The number of phenols is 1. The molecule has 7 nitrogen and oxygen atoms in total. The van der Waals surface area contributed by atoms with Crippen molar-refractivity contribution in [3.63, 3.8) is 0 Å². The first-order valence-electron chi connectivity index (χ1n) is 4.09. The molecule has 1 amide bonds. The highest BCUT2D eigenvalue weighted by Gasteiger charge is 2.16. The lowest BCUT2D eigenvalue weighted by Gasteiger charge is -2.09. The predicted molar refractivity (Wildman–Crippen MR) is 56.6 cm³/mol. The number of amides is 1. The highest BCUT2D eigenvalue weighted by molar-refractivity contribution is 7.85. The Kier molecular flexibility index (Phi) is 3.06. The van der Waals surface area contributed by atoms with Gasteiger partial charge < -0.3 is 16.2 Å². The molecular weight excluding hydrogens is 236 g/mol. The number of nitrogen functional groups attached to an aromatic ring is 1. The van der Waals surface area contributed by atoms with Gasteiger partial charge in [0.25, 0.3) is 10.1 Å². The van der Waals surface area contributed by atoms with Crippen molar-refractivity contribution in [1.29, 1.82) is 0 Å². The van der Waals surface area contributed by atoms with Gasteiger partial charge in [0, 0.05) is 6.92 Å². The maximum atomic E-state index is 10.8. The number of carbonyl (C=O) groups is 1. The molecule has 8 heteroatoms. The van der Waals surface area contributed by atoms with E-state index < -0.39 is 26.7 Å². The van der Waals surface area contributed by atoms with Crippen LogP contribution in [0, 0.1) is 0 Å². The number of nitrogens with one attached hydrogen (secondary N) is 1. The molecule has 0 heterocycles. The predicted octanol–water partition coefficient (Wildman–Crippen LogP) is 0.179. The Balaban J connectivity index is 3.39. The van der Waals surface area contributed by atoms with Crippen LogP contribution in [0.1, 0.15) is 6.92 Å². The lowest BCUT2D eigenvalue weighted by Crippen LogP contribution is -2.08. The summed E-state index contributed by atoms with van der Waals surface area (Å²) in [5.41, 5.74) is 4.87. The number of carbonyl (C=O) groups excluding carboxylic acids is 1. The van der Waals surface area contributed by atoms with E-state index in [1.165, 1.54) is 6.92 Å². The zero-order valence-corrected chi connectivity index (χ0v) is 9.08. The van der Waals surface area contributed by atoms with Crippen LogP contribution in [-0.2, 0) is 14.9 Å². The summed E-state index contributed by atoms with van der Waals surface area (Å²) in [7, 11) is -4.44. The van der Waals surface area contributed by atoms with Gasteiger partial charge in [0.05, 0.1) is 16.3 Å². The van der Waals surface area contributed by atoms with E-state index in [1.54, 1.807) is 0 Å². The molecule has 1 aromatic carbocycles. The normalized spacial score (nSPS) is 11.1. The summed E-state index contributed by atoms with van der Waals surface area (Å²) in [4.78, 5) is 10.3. The molecule has 0 aromatic heterocycles. The van der Waals surface area contributed by atoms with Crippen LogP contribution in [0.4, 0.5) is 11.4 Å². The van der Waals surface area contributed by atoms with Crippen LogP contribution < -0.4 is 11.1 Å². The third kappa shape index (κ3) is 2.61. The van der Waals surface area contributed by atoms with E-state index in [0.717, 1.165) is 12.1 Å². The fraction of sp³-hybridized carbons (Fsp3) is 0.125. The molecule has 0 saturated heterocycles. The summed E-state index contributed by atoms with van der Waals surface area (Å²) in [6.07, 6.45) is 0. The zero-order valence-electron chi connectivity index (χ0n) is 8.26. The maximum Gasteiger partial charge on any atom is 0.294 e. The highest BCUT2D eigenvalue weighted by atomic mass is 32.2. The number of aromatic hydroxyl groups is 1. The van der Waals surface area contributed by atoms with Crippen molar-refractivity contribution in [2.45, 2.75) is 11.8 Å². The van der Waals surface area contributed by atoms with E-state index in [2.05, 4.69) is 5.32 Å². The summed E-state index contributed by atoms with van der Waals surface area (Å²) in [6.45, 7) is 1.18. The Hall–Kier alpha value is -1.80. The van der Waals surface area contributed by atoms with Gasteiger partial charge in [0.2, 0.25) is 5.91 Å². The quantitative estimate of drug-likeness (QED) is 0.334. The van der Waals surface area contributed by atoms with Crippen molar-refractivity contribution in [1.82, 2.24) is 0 Å². The minimum atomic E-state index is -4.44. The van der Waals surface area contributed by atoms with E-state index in [4.69, 9.17) is 10.3 Å². The number of phenolic OH excluding ortho intramolecular Hbond substituents is 1. The van der Waals surface area contributed by atoms with Crippen LogP contribution in [0.5, 0.6) is 5.75 Å². The second kappa shape index (κ2) is 3.99. The van der Waals surface area contributed by atoms with Gasteiger partial charge in [0.15, 0.2) is 5.75 Å². The standard InChI is InChI=1S/C8H10N2O5S/c1-4(11)10-7-3-5(16(13,14)15)2-6(9)8(7)12/h2-3,12H,9H2,1H3,(H,10,11)(H,13,14,15). The van der Waals surface area contributed by atoms with Crippen LogP contribution in [0.2, 0.25) is 0 Å². The third-order valence-electron chi connectivity index (χ3n) is 1.72. The first-order valence-corrected chi connectivity index (χ1v) is 5.53. The van der Waals surface area contributed by atoms with Gasteiger partial charge in [-0.15, -0.1) is 0 Å². The number of hydrogen-bond acceptors (Lipinski definition) is 5. The first-order chi connectivity index (χ1) is 7.21. The number of hydrogen-bond donors (Lipinski definition) is 4. The second-order valence-corrected chi connectivity index (χ2v) is 4.49. The van der Waals surface area contributed by atoms with E-state index in [0.29, 0.717) is 0 Å². The average Bonchev–Trinajstić information content (AvgIpc) is 2.10. The van der Waals surface area contributed by atoms with Gasteiger partial charge in [-0.05, 0) is 12.1 Å². The molecular formula is C8H10N2O5S. The van der Waals surface area contributed by atoms with Crippen LogP contribution in [0.15, 0.2) is 17.0 Å². The van der Waals surface area contributed by atoms with E-state index in [1.807, 2.05) is 0 Å². The highest BCUT2D eigenvalue weighted by Crippen LogP contribution is 2.32. The average molecular weight is 246 g/mol. The Morgan fingerprint density at radius 2 is 2.00 bits per heavy atom.